The summed E-state index contributed by atoms with van der Waals surface area (Å²) in [6.07, 6.45) is 5.43. The standard InChI is InChI=1S/C44H55F3N8O4/c1-29(36-12-15-40(57)50-42(36)59)6-14-39(48-2)54-18-16-30(17-19-54)26-52-20-22-53(23-21-52)27-32-9-13-38-37(24-32)49-43(55(38)35-10-7-31(28-56)8-11-35)51-41(58)33-4-3-5-34(25-33)44(45,46)47/h3-6,9,13-14,24-25,30-31,35-36,56H,1,7-8,10-12,15-23,26-28H2,2H3,(H,49,51,58)(H,50,57,59)/b14-6-,48-39?/t31?,35?,36-/m0/s1. The van der Waals surface area contributed by atoms with E-state index in [4.69, 9.17) is 4.98 Å². The van der Waals surface area contributed by atoms with Crippen molar-refractivity contribution in [2.75, 3.05) is 64.8 Å². The highest BCUT2D eigenvalue weighted by Gasteiger charge is 2.32. The van der Waals surface area contributed by atoms with E-state index in [0.717, 1.165) is 125 Å². The topological polar surface area (TPSA) is 135 Å². The van der Waals surface area contributed by atoms with Gasteiger partial charge in [0.15, 0.2) is 0 Å². The minimum atomic E-state index is -4.56. The summed E-state index contributed by atoms with van der Waals surface area (Å²) < 4.78 is 42.3. The second kappa shape index (κ2) is 18.6. The number of halogens is 3. The summed E-state index contributed by atoms with van der Waals surface area (Å²) in [6, 6.07) is 10.6. The first kappa shape index (κ1) is 42.3. The van der Waals surface area contributed by atoms with Gasteiger partial charge in [-0.1, -0.05) is 24.8 Å². The number of piperazine rings is 1. The number of nitrogens with zero attached hydrogens (tertiary/aromatic N) is 6. The Labute approximate surface area is 343 Å². The van der Waals surface area contributed by atoms with Crippen molar-refractivity contribution in [2.24, 2.45) is 22.7 Å². The SMILES string of the molecule is C=C(/C=C\C(=NC)N1CCC(CN2CCN(Cc3ccc4c(c3)nc(NC(=O)c3cccc(C(F)(F)F)c3)n4C3CCC(CO)CC3)CC2)CC1)[C@@H]1CCC(=O)NC1=O. The number of aliphatic hydroxyl groups excluding tert-OH is 1. The number of allylic oxidation sites excluding steroid dienone is 1. The largest absolute Gasteiger partial charge is 0.416 e. The highest BCUT2D eigenvalue weighted by molar-refractivity contribution is 6.04. The lowest BCUT2D eigenvalue weighted by Gasteiger charge is -2.39. The van der Waals surface area contributed by atoms with Crippen LogP contribution in [0.3, 0.4) is 0 Å². The molecular formula is C44H55F3N8O4. The Kier molecular flexibility index (Phi) is 13.3. The number of imidazole rings is 1. The fourth-order valence-electron chi connectivity index (χ4n) is 9.06. The molecule has 3 N–H and O–H groups in total. The van der Waals surface area contributed by atoms with Crippen LogP contribution in [-0.2, 0) is 22.3 Å². The number of aromatic nitrogens is 2. The van der Waals surface area contributed by atoms with E-state index in [1.54, 1.807) is 7.05 Å². The monoisotopic (exact) mass is 816 g/mol. The van der Waals surface area contributed by atoms with Crippen LogP contribution >= 0.6 is 0 Å². The Hall–Kier alpha value is -4.86. The van der Waals surface area contributed by atoms with E-state index < -0.39 is 23.6 Å². The normalized spacial score (nSPS) is 23.2. The van der Waals surface area contributed by atoms with Crippen LogP contribution in [0.15, 0.2) is 71.8 Å². The zero-order chi connectivity index (χ0) is 41.7. The molecule has 59 heavy (non-hydrogen) atoms. The highest BCUT2D eigenvalue weighted by Crippen LogP contribution is 2.37. The molecule has 316 valence electrons. The van der Waals surface area contributed by atoms with Crippen LogP contribution in [0.1, 0.15) is 78.9 Å². The third kappa shape index (κ3) is 10.3. The number of likely N-dealkylation sites (tertiary alicyclic amines) is 1. The minimum Gasteiger partial charge on any atom is -0.396 e. The number of benzene rings is 2. The molecule has 4 aliphatic rings. The maximum atomic E-state index is 13.4. The van der Waals surface area contributed by atoms with Gasteiger partial charge in [-0.15, -0.1) is 0 Å². The number of carbonyl (C=O) groups excluding carboxylic acids is 3. The molecule has 1 atom stereocenters. The molecule has 2 aromatic carbocycles. The smallest absolute Gasteiger partial charge is 0.396 e. The van der Waals surface area contributed by atoms with E-state index in [1.165, 1.54) is 12.1 Å². The minimum absolute atomic E-state index is 0.0294. The number of hydrogen-bond donors (Lipinski definition) is 3. The third-order valence-corrected chi connectivity index (χ3v) is 12.6. The van der Waals surface area contributed by atoms with Crippen LogP contribution in [0.25, 0.3) is 11.0 Å². The summed E-state index contributed by atoms with van der Waals surface area (Å²) in [6.45, 7) is 11.7. The van der Waals surface area contributed by atoms with Gasteiger partial charge in [0.1, 0.15) is 5.84 Å². The van der Waals surface area contributed by atoms with Gasteiger partial charge < -0.3 is 19.5 Å². The maximum Gasteiger partial charge on any atom is 0.416 e. The zero-order valence-corrected chi connectivity index (χ0v) is 33.7. The molecular weight excluding hydrogens is 762 g/mol. The van der Waals surface area contributed by atoms with Crippen molar-refractivity contribution in [3.05, 3.63) is 83.5 Å². The van der Waals surface area contributed by atoms with Crippen LogP contribution in [0.5, 0.6) is 0 Å². The van der Waals surface area contributed by atoms with Crippen LogP contribution < -0.4 is 10.6 Å². The van der Waals surface area contributed by atoms with Gasteiger partial charge in [-0.05, 0) is 104 Å². The first-order valence-corrected chi connectivity index (χ1v) is 20.9. The predicted molar refractivity (Wildman–Crippen MR) is 221 cm³/mol. The Balaban J connectivity index is 0.927. The van der Waals surface area contributed by atoms with Crippen LogP contribution in [0.2, 0.25) is 0 Å². The van der Waals surface area contributed by atoms with Crippen molar-refractivity contribution in [1.82, 2.24) is 29.6 Å². The van der Waals surface area contributed by atoms with Gasteiger partial charge in [-0.2, -0.15) is 13.2 Å². The van der Waals surface area contributed by atoms with Gasteiger partial charge >= 0.3 is 6.18 Å². The molecule has 3 saturated heterocycles. The van der Waals surface area contributed by atoms with E-state index in [9.17, 15) is 32.7 Å². The first-order valence-electron chi connectivity index (χ1n) is 20.9. The molecule has 0 radical (unpaired) electrons. The van der Waals surface area contributed by atoms with Gasteiger partial charge in [0.25, 0.3) is 5.91 Å². The lowest BCUT2D eigenvalue weighted by Crippen LogP contribution is -2.48. The van der Waals surface area contributed by atoms with Crippen molar-refractivity contribution >= 4 is 40.5 Å². The molecule has 3 aliphatic heterocycles. The van der Waals surface area contributed by atoms with Crippen molar-refractivity contribution in [3.8, 4) is 0 Å². The van der Waals surface area contributed by atoms with Crippen LogP contribution in [0, 0.1) is 17.8 Å². The lowest BCUT2D eigenvalue weighted by atomic mass is 9.86. The van der Waals surface area contributed by atoms with Crippen LogP contribution in [-0.4, -0.2) is 112 Å². The third-order valence-electron chi connectivity index (χ3n) is 12.6. The number of amides is 3. The van der Waals surface area contributed by atoms with E-state index in [0.29, 0.717) is 30.3 Å². The summed E-state index contributed by atoms with van der Waals surface area (Å²) in [5, 5.41) is 15.0. The lowest BCUT2D eigenvalue weighted by molar-refractivity contribution is -0.138. The zero-order valence-electron chi connectivity index (χ0n) is 33.7. The van der Waals surface area contributed by atoms with Crippen molar-refractivity contribution in [2.45, 2.75) is 70.1 Å². The second-order valence-corrected chi connectivity index (χ2v) is 16.5. The van der Waals surface area contributed by atoms with E-state index in [-0.39, 0.29) is 35.9 Å². The number of anilines is 1. The summed E-state index contributed by atoms with van der Waals surface area (Å²) in [5.74, 6) is 0.451. The van der Waals surface area contributed by atoms with E-state index >= 15 is 0 Å². The van der Waals surface area contributed by atoms with Crippen LogP contribution in [0.4, 0.5) is 19.1 Å². The Morgan fingerprint density at radius 1 is 0.949 bits per heavy atom. The van der Waals surface area contributed by atoms with Gasteiger partial charge in [-0.3, -0.25) is 34.9 Å². The molecule has 0 spiro atoms. The number of alkyl halides is 3. The van der Waals surface area contributed by atoms with E-state index in [2.05, 4.69) is 49.0 Å². The molecule has 0 unspecified atom stereocenters. The number of hydrogen-bond acceptors (Lipinski definition) is 8. The summed E-state index contributed by atoms with van der Waals surface area (Å²) in [7, 11) is 1.78. The first-order chi connectivity index (χ1) is 28.4. The maximum absolute atomic E-state index is 13.4. The number of rotatable bonds is 11. The number of fused-ring (bicyclic) bond motifs is 1. The number of piperidine rings is 2. The number of carbonyl (C=O) groups is 3. The molecule has 1 aliphatic carbocycles. The molecule has 12 nitrogen and oxygen atoms in total. The molecule has 3 aromatic rings. The number of nitrogens with one attached hydrogen (secondary N) is 2. The molecule has 15 heteroatoms. The summed E-state index contributed by atoms with van der Waals surface area (Å²) in [5.41, 5.74) is 2.40. The average molecular weight is 817 g/mol. The Bertz CT molecular complexity index is 2070. The van der Waals surface area contributed by atoms with Gasteiger partial charge in [0, 0.05) is 84.0 Å². The second-order valence-electron chi connectivity index (χ2n) is 16.5. The molecule has 7 rings (SSSR count). The summed E-state index contributed by atoms with van der Waals surface area (Å²) in [4.78, 5) is 53.8. The average Bonchev–Trinajstić information content (AvgIpc) is 3.58. The van der Waals surface area contributed by atoms with Gasteiger partial charge in [0.2, 0.25) is 17.8 Å². The Morgan fingerprint density at radius 3 is 2.36 bits per heavy atom. The summed E-state index contributed by atoms with van der Waals surface area (Å²) >= 11 is 0. The molecule has 4 fully saturated rings. The number of amidine groups is 1. The number of aliphatic hydroxyl groups is 1. The van der Waals surface area contributed by atoms with Gasteiger partial charge in [-0.25, -0.2) is 4.98 Å². The fourth-order valence-corrected chi connectivity index (χ4v) is 9.06. The predicted octanol–water partition coefficient (Wildman–Crippen LogP) is 6.05. The molecule has 1 saturated carbocycles. The number of aliphatic imine (C=N–C) groups is 1. The van der Waals surface area contributed by atoms with Crippen molar-refractivity contribution in [3.63, 3.8) is 0 Å². The molecule has 1 aromatic heterocycles. The molecule has 4 heterocycles. The molecule has 3 amide bonds. The van der Waals surface area contributed by atoms with Crippen molar-refractivity contribution < 1.29 is 32.7 Å². The fraction of sp³-hybridized carbons (Fsp3) is 0.523. The van der Waals surface area contributed by atoms with E-state index in [1.807, 2.05) is 22.8 Å². The van der Waals surface area contributed by atoms with Gasteiger partial charge in [0.05, 0.1) is 22.5 Å². The molecule has 0 bridgehead atoms. The Morgan fingerprint density at radius 2 is 1.68 bits per heavy atom. The number of imide groups is 1. The van der Waals surface area contributed by atoms with Crippen molar-refractivity contribution in [1.29, 1.82) is 0 Å². The highest BCUT2D eigenvalue weighted by atomic mass is 19.4. The quantitative estimate of drug-likeness (QED) is 0.0922.